The monoisotopic (exact) mass is 371 g/mol. The van der Waals surface area contributed by atoms with Gasteiger partial charge in [0.1, 0.15) is 28.8 Å². The standard InChI is InChI=1S/C19H25N5O3/c1-13-20-16(19(25)24-9-7-23(2)8-10-24)12-18(21-13)22-15-11-14(26-3)5-6-17(15)27-4/h5-6,11-12H,7-10H2,1-4H3,(H,20,21,22). The molecule has 8 heteroatoms. The SMILES string of the molecule is COc1ccc(OC)c(Nc2cc(C(=O)N3CCN(C)CC3)nc(C)n2)c1. The molecular weight excluding hydrogens is 346 g/mol. The molecule has 8 nitrogen and oxygen atoms in total. The summed E-state index contributed by atoms with van der Waals surface area (Å²) in [6.07, 6.45) is 0. The number of amides is 1. The lowest BCUT2D eigenvalue weighted by atomic mass is 10.2. The highest BCUT2D eigenvalue weighted by Gasteiger charge is 2.22. The van der Waals surface area contributed by atoms with E-state index in [0.29, 0.717) is 47.6 Å². The number of nitrogens with one attached hydrogen (secondary N) is 1. The van der Waals surface area contributed by atoms with Crippen molar-refractivity contribution in [3.63, 3.8) is 0 Å². The molecule has 1 aliphatic heterocycles. The molecule has 0 saturated carbocycles. The van der Waals surface area contributed by atoms with Crippen molar-refractivity contribution in [2.45, 2.75) is 6.92 Å². The van der Waals surface area contributed by atoms with Crippen LogP contribution in [0.5, 0.6) is 11.5 Å². The van der Waals surface area contributed by atoms with Crippen molar-refractivity contribution in [2.75, 3.05) is 52.8 Å². The first-order valence-corrected chi connectivity index (χ1v) is 8.82. The van der Waals surface area contributed by atoms with Gasteiger partial charge in [0.25, 0.3) is 5.91 Å². The number of likely N-dealkylation sites (N-methyl/N-ethyl adjacent to an activating group) is 1. The third-order valence-electron chi connectivity index (χ3n) is 4.52. The Morgan fingerprint density at radius 2 is 1.81 bits per heavy atom. The second-order valence-electron chi connectivity index (χ2n) is 6.47. The Morgan fingerprint density at radius 1 is 1.07 bits per heavy atom. The van der Waals surface area contributed by atoms with Crippen LogP contribution in [0.3, 0.4) is 0 Å². The average molecular weight is 371 g/mol. The molecule has 2 heterocycles. The Labute approximate surface area is 159 Å². The summed E-state index contributed by atoms with van der Waals surface area (Å²) in [6, 6.07) is 7.12. The van der Waals surface area contributed by atoms with E-state index in [4.69, 9.17) is 9.47 Å². The van der Waals surface area contributed by atoms with Gasteiger partial charge in [-0.3, -0.25) is 4.79 Å². The minimum Gasteiger partial charge on any atom is -0.497 e. The zero-order valence-corrected chi connectivity index (χ0v) is 16.2. The molecule has 1 aromatic heterocycles. The van der Waals surface area contributed by atoms with Gasteiger partial charge in [-0.05, 0) is 26.1 Å². The van der Waals surface area contributed by atoms with Crippen LogP contribution in [-0.2, 0) is 0 Å². The predicted molar refractivity (Wildman–Crippen MR) is 103 cm³/mol. The molecule has 27 heavy (non-hydrogen) atoms. The lowest BCUT2D eigenvalue weighted by Gasteiger charge is -2.32. The number of ether oxygens (including phenoxy) is 2. The minimum absolute atomic E-state index is 0.0748. The number of methoxy groups -OCH3 is 2. The summed E-state index contributed by atoms with van der Waals surface area (Å²) in [7, 11) is 5.26. The molecule has 144 valence electrons. The summed E-state index contributed by atoms with van der Waals surface area (Å²) in [5.41, 5.74) is 1.09. The van der Waals surface area contributed by atoms with Gasteiger partial charge in [-0.15, -0.1) is 0 Å². The number of benzene rings is 1. The van der Waals surface area contributed by atoms with Crippen molar-refractivity contribution in [1.29, 1.82) is 0 Å². The third kappa shape index (κ3) is 4.46. The van der Waals surface area contributed by atoms with E-state index >= 15 is 0 Å². The lowest BCUT2D eigenvalue weighted by molar-refractivity contribution is 0.0658. The van der Waals surface area contributed by atoms with Crippen molar-refractivity contribution < 1.29 is 14.3 Å². The molecule has 0 unspecified atom stereocenters. The van der Waals surface area contributed by atoms with E-state index in [1.807, 2.05) is 23.1 Å². The summed E-state index contributed by atoms with van der Waals surface area (Å²) in [6.45, 7) is 4.90. The quantitative estimate of drug-likeness (QED) is 0.860. The molecule has 1 fully saturated rings. The van der Waals surface area contributed by atoms with Crippen LogP contribution < -0.4 is 14.8 Å². The van der Waals surface area contributed by atoms with Crippen molar-refractivity contribution in [3.8, 4) is 11.5 Å². The summed E-state index contributed by atoms with van der Waals surface area (Å²) in [5.74, 6) is 2.33. The summed E-state index contributed by atoms with van der Waals surface area (Å²) < 4.78 is 10.7. The second-order valence-corrected chi connectivity index (χ2v) is 6.47. The zero-order valence-electron chi connectivity index (χ0n) is 16.2. The van der Waals surface area contributed by atoms with Crippen molar-refractivity contribution >= 4 is 17.4 Å². The summed E-state index contributed by atoms with van der Waals surface area (Å²) >= 11 is 0. The highest BCUT2D eigenvalue weighted by Crippen LogP contribution is 2.31. The number of piperazine rings is 1. The maximum absolute atomic E-state index is 12.8. The Bertz CT molecular complexity index is 819. The number of aryl methyl sites for hydroxylation is 1. The normalized spacial score (nSPS) is 14.7. The number of hydrogen-bond acceptors (Lipinski definition) is 7. The summed E-state index contributed by atoms with van der Waals surface area (Å²) in [4.78, 5) is 25.6. The predicted octanol–water partition coefficient (Wildman–Crippen LogP) is 1.93. The number of aromatic nitrogens is 2. The number of nitrogens with zero attached hydrogens (tertiary/aromatic N) is 4. The van der Waals surface area contributed by atoms with Gasteiger partial charge in [-0.1, -0.05) is 0 Å². The minimum atomic E-state index is -0.0748. The maximum Gasteiger partial charge on any atom is 0.272 e. The first-order valence-electron chi connectivity index (χ1n) is 8.82. The number of rotatable bonds is 5. The number of hydrogen-bond donors (Lipinski definition) is 1. The van der Waals surface area contributed by atoms with Crippen molar-refractivity contribution in [2.24, 2.45) is 0 Å². The van der Waals surface area contributed by atoms with Crippen LogP contribution in [-0.4, -0.2) is 73.1 Å². The molecule has 0 bridgehead atoms. The maximum atomic E-state index is 12.8. The Morgan fingerprint density at radius 3 is 2.48 bits per heavy atom. The van der Waals surface area contributed by atoms with E-state index in [-0.39, 0.29) is 5.91 Å². The van der Waals surface area contributed by atoms with E-state index < -0.39 is 0 Å². The van der Waals surface area contributed by atoms with Crippen LogP contribution in [0.25, 0.3) is 0 Å². The molecule has 1 aliphatic rings. The molecule has 0 radical (unpaired) electrons. The number of carbonyl (C=O) groups excluding carboxylic acids is 1. The zero-order chi connectivity index (χ0) is 19.4. The van der Waals surface area contributed by atoms with Gasteiger partial charge in [0.15, 0.2) is 0 Å². The smallest absolute Gasteiger partial charge is 0.272 e. The molecule has 0 atom stereocenters. The molecule has 0 aliphatic carbocycles. The van der Waals surface area contributed by atoms with E-state index in [1.54, 1.807) is 27.2 Å². The van der Waals surface area contributed by atoms with Gasteiger partial charge in [0, 0.05) is 38.3 Å². The molecule has 3 rings (SSSR count). The van der Waals surface area contributed by atoms with Crippen LogP contribution in [0.4, 0.5) is 11.5 Å². The van der Waals surface area contributed by atoms with E-state index in [2.05, 4.69) is 27.2 Å². The molecule has 0 spiro atoms. The largest absolute Gasteiger partial charge is 0.497 e. The first-order chi connectivity index (χ1) is 13.0. The van der Waals surface area contributed by atoms with Crippen LogP contribution in [0.1, 0.15) is 16.3 Å². The van der Waals surface area contributed by atoms with Gasteiger partial charge in [0.2, 0.25) is 0 Å². The lowest BCUT2D eigenvalue weighted by Crippen LogP contribution is -2.47. The fourth-order valence-corrected chi connectivity index (χ4v) is 2.96. The topological polar surface area (TPSA) is 79.8 Å². The van der Waals surface area contributed by atoms with Crippen LogP contribution in [0.15, 0.2) is 24.3 Å². The van der Waals surface area contributed by atoms with Gasteiger partial charge >= 0.3 is 0 Å². The van der Waals surface area contributed by atoms with Gasteiger partial charge in [0.05, 0.1) is 19.9 Å². The van der Waals surface area contributed by atoms with Crippen molar-refractivity contribution in [3.05, 3.63) is 35.8 Å². The van der Waals surface area contributed by atoms with Gasteiger partial charge in [-0.2, -0.15) is 0 Å². The molecular formula is C19H25N5O3. The Balaban J connectivity index is 1.84. The second kappa shape index (κ2) is 8.22. The average Bonchev–Trinajstić information content (AvgIpc) is 2.67. The summed E-state index contributed by atoms with van der Waals surface area (Å²) in [5, 5.41) is 3.21. The highest BCUT2D eigenvalue weighted by atomic mass is 16.5. The first kappa shape index (κ1) is 18.9. The van der Waals surface area contributed by atoms with Gasteiger partial charge in [-0.25, -0.2) is 9.97 Å². The Kier molecular flexibility index (Phi) is 5.75. The van der Waals surface area contributed by atoms with Crippen LogP contribution >= 0.6 is 0 Å². The third-order valence-corrected chi connectivity index (χ3v) is 4.52. The van der Waals surface area contributed by atoms with Crippen LogP contribution in [0, 0.1) is 6.92 Å². The highest BCUT2D eigenvalue weighted by molar-refractivity contribution is 5.93. The van der Waals surface area contributed by atoms with Gasteiger partial charge < -0.3 is 24.6 Å². The fourth-order valence-electron chi connectivity index (χ4n) is 2.96. The van der Waals surface area contributed by atoms with Crippen molar-refractivity contribution in [1.82, 2.24) is 19.8 Å². The van der Waals surface area contributed by atoms with E-state index in [0.717, 1.165) is 13.1 Å². The number of carbonyl (C=O) groups is 1. The number of anilines is 2. The fraction of sp³-hybridized carbons (Fsp3) is 0.421. The Hall–Kier alpha value is -2.87. The van der Waals surface area contributed by atoms with E-state index in [9.17, 15) is 4.79 Å². The molecule has 1 aromatic carbocycles. The van der Waals surface area contributed by atoms with Crippen LogP contribution in [0.2, 0.25) is 0 Å². The molecule has 1 amide bonds. The molecule has 1 N–H and O–H groups in total. The van der Waals surface area contributed by atoms with E-state index in [1.165, 1.54) is 0 Å². The molecule has 2 aromatic rings. The molecule has 1 saturated heterocycles.